The van der Waals surface area contributed by atoms with Crippen LogP contribution in [0.4, 0.5) is 17.1 Å². The van der Waals surface area contributed by atoms with Crippen LogP contribution >= 0.6 is 0 Å². The van der Waals surface area contributed by atoms with Crippen molar-refractivity contribution in [1.29, 1.82) is 0 Å². The smallest absolute Gasteiger partial charge is 0.0546 e. The Labute approximate surface area is 294 Å². The fourth-order valence-electron chi connectivity index (χ4n) is 7.99. The van der Waals surface area contributed by atoms with Crippen LogP contribution in [0.15, 0.2) is 188 Å². The van der Waals surface area contributed by atoms with Crippen LogP contribution in [-0.2, 0) is 5.41 Å². The highest BCUT2D eigenvalue weighted by molar-refractivity contribution is 6.00. The molecule has 238 valence electrons. The number of rotatable bonds is 6. The average Bonchev–Trinajstić information content (AvgIpc) is 3.41. The van der Waals surface area contributed by atoms with Crippen LogP contribution < -0.4 is 4.90 Å². The van der Waals surface area contributed by atoms with Crippen molar-refractivity contribution in [3.8, 4) is 44.5 Å². The molecule has 0 saturated heterocycles. The third-order valence-electron chi connectivity index (χ3n) is 10.4. The first-order chi connectivity index (χ1) is 24.6. The van der Waals surface area contributed by atoms with E-state index in [1.54, 1.807) is 0 Å². The highest BCUT2D eigenvalue weighted by Gasteiger charge is 2.38. The number of fused-ring (bicyclic) bond motifs is 4. The van der Waals surface area contributed by atoms with Gasteiger partial charge in [-0.15, -0.1) is 0 Å². The zero-order chi connectivity index (χ0) is 33.7. The molecular formula is C49H37N. The summed E-state index contributed by atoms with van der Waals surface area (Å²) in [6.45, 7) is 4.76. The average molecular weight is 640 g/mol. The Bertz CT molecular complexity index is 2490. The van der Waals surface area contributed by atoms with E-state index in [-0.39, 0.29) is 5.41 Å². The van der Waals surface area contributed by atoms with E-state index < -0.39 is 0 Å². The lowest BCUT2D eigenvalue weighted by Crippen LogP contribution is -2.17. The van der Waals surface area contributed by atoms with Gasteiger partial charge in [0.05, 0.1) is 5.69 Å². The van der Waals surface area contributed by atoms with Gasteiger partial charge in [0.2, 0.25) is 0 Å². The minimum absolute atomic E-state index is 0.188. The van der Waals surface area contributed by atoms with Crippen LogP contribution in [0.1, 0.15) is 25.0 Å². The minimum Gasteiger partial charge on any atom is -0.310 e. The lowest BCUT2D eigenvalue weighted by molar-refractivity contribution is 0.660. The molecule has 1 nitrogen and oxygen atoms in total. The van der Waals surface area contributed by atoms with Crippen LogP contribution in [0.25, 0.3) is 55.3 Å². The SMILES string of the molecule is CC1(C)c2cc(N(c3ccccc3)c3cc4ccccc4cc3-c3ccccc3)ccc2-c2c(-c3ccccc3-c3ccccc3)cccc21. The van der Waals surface area contributed by atoms with Crippen molar-refractivity contribution in [2.45, 2.75) is 19.3 Å². The number of hydrogen-bond acceptors (Lipinski definition) is 1. The van der Waals surface area contributed by atoms with Gasteiger partial charge in [-0.3, -0.25) is 0 Å². The molecule has 1 aliphatic carbocycles. The Morgan fingerprint density at radius 1 is 0.360 bits per heavy atom. The fourth-order valence-corrected chi connectivity index (χ4v) is 7.99. The summed E-state index contributed by atoms with van der Waals surface area (Å²) in [6, 6.07) is 68.5. The van der Waals surface area contributed by atoms with E-state index in [1.807, 2.05) is 0 Å². The van der Waals surface area contributed by atoms with Crippen LogP contribution in [0.2, 0.25) is 0 Å². The van der Waals surface area contributed by atoms with Gasteiger partial charge in [0, 0.05) is 22.4 Å². The lowest BCUT2D eigenvalue weighted by Gasteiger charge is -2.30. The molecule has 0 bridgehead atoms. The molecule has 0 unspecified atom stereocenters. The largest absolute Gasteiger partial charge is 0.310 e. The highest BCUT2D eigenvalue weighted by atomic mass is 15.1. The molecule has 9 rings (SSSR count). The standard InChI is InChI=1S/C49H37N/c1-49(2)45-28-16-27-42(41-26-15-14-25-40(41)34-17-6-3-7-18-34)48(45)43-30-29-39(33-46(43)49)50(38-23-10-5-11-24-38)47-32-37-22-13-12-21-36(37)31-44(47)35-19-8-4-9-20-35/h3-33H,1-2H3. The van der Waals surface area contributed by atoms with Crippen molar-refractivity contribution in [2.24, 2.45) is 0 Å². The molecule has 1 aliphatic rings. The van der Waals surface area contributed by atoms with E-state index >= 15 is 0 Å². The Morgan fingerprint density at radius 3 is 1.62 bits per heavy atom. The van der Waals surface area contributed by atoms with Crippen molar-refractivity contribution < 1.29 is 0 Å². The zero-order valence-corrected chi connectivity index (χ0v) is 28.3. The molecule has 1 heteroatoms. The van der Waals surface area contributed by atoms with E-state index in [4.69, 9.17) is 0 Å². The molecule has 8 aromatic carbocycles. The van der Waals surface area contributed by atoms with Crippen molar-refractivity contribution in [2.75, 3.05) is 4.90 Å². The Hall–Kier alpha value is -6.18. The Kier molecular flexibility index (Phi) is 7.21. The summed E-state index contributed by atoms with van der Waals surface area (Å²) in [6.07, 6.45) is 0. The van der Waals surface area contributed by atoms with Gasteiger partial charge in [0.15, 0.2) is 0 Å². The Morgan fingerprint density at radius 2 is 0.920 bits per heavy atom. The quantitative estimate of drug-likeness (QED) is 0.175. The van der Waals surface area contributed by atoms with Gasteiger partial charge in [-0.2, -0.15) is 0 Å². The van der Waals surface area contributed by atoms with Crippen LogP contribution in [0.5, 0.6) is 0 Å². The molecule has 0 N–H and O–H groups in total. The Balaban J connectivity index is 1.26. The first-order valence-electron chi connectivity index (χ1n) is 17.4. The minimum atomic E-state index is -0.188. The second-order valence-corrected chi connectivity index (χ2v) is 13.7. The van der Waals surface area contributed by atoms with Crippen LogP contribution in [-0.4, -0.2) is 0 Å². The third kappa shape index (κ3) is 4.94. The summed E-state index contributed by atoms with van der Waals surface area (Å²) in [4.78, 5) is 2.44. The second kappa shape index (κ2) is 12.1. The molecule has 0 fully saturated rings. The normalized spacial score (nSPS) is 12.8. The number of benzene rings is 8. The monoisotopic (exact) mass is 639 g/mol. The summed E-state index contributed by atoms with van der Waals surface area (Å²) in [5, 5.41) is 2.45. The first-order valence-corrected chi connectivity index (χ1v) is 17.4. The topological polar surface area (TPSA) is 3.24 Å². The summed E-state index contributed by atoms with van der Waals surface area (Å²) in [5.74, 6) is 0. The van der Waals surface area contributed by atoms with E-state index in [0.717, 1.165) is 17.1 Å². The molecule has 50 heavy (non-hydrogen) atoms. The number of nitrogens with zero attached hydrogens (tertiary/aromatic N) is 1. The molecule has 0 aliphatic heterocycles. The van der Waals surface area contributed by atoms with E-state index in [0.29, 0.717) is 0 Å². The molecule has 0 radical (unpaired) electrons. The van der Waals surface area contributed by atoms with Gasteiger partial charge in [-0.05, 0) is 97.2 Å². The third-order valence-corrected chi connectivity index (χ3v) is 10.4. The molecule has 0 spiro atoms. The van der Waals surface area contributed by atoms with Crippen molar-refractivity contribution in [1.82, 2.24) is 0 Å². The van der Waals surface area contributed by atoms with Gasteiger partial charge in [-0.25, -0.2) is 0 Å². The second-order valence-electron chi connectivity index (χ2n) is 13.7. The van der Waals surface area contributed by atoms with E-state index in [2.05, 4.69) is 207 Å². The molecule has 0 aromatic heterocycles. The number of para-hydroxylation sites is 1. The number of anilines is 3. The maximum atomic E-state index is 2.44. The van der Waals surface area contributed by atoms with Crippen LogP contribution in [0, 0.1) is 0 Å². The molecule has 0 amide bonds. The summed E-state index contributed by atoms with van der Waals surface area (Å²) < 4.78 is 0. The van der Waals surface area contributed by atoms with E-state index in [9.17, 15) is 0 Å². The lowest BCUT2D eigenvalue weighted by atomic mass is 9.81. The molecule has 0 atom stereocenters. The molecule has 0 saturated carbocycles. The van der Waals surface area contributed by atoms with Gasteiger partial charge in [0.25, 0.3) is 0 Å². The van der Waals surface area contributed by atoms with Gasteiger partial charge >= 0.3 is 0 Å². The zero-order valence-electron chi connectivity index (χ0n) is 28.3. The molecular weight excluding hydrogens is 603 g/mol. The summed E-state index contributed by atoms with van der Waals surface area (Å²) in [7, 11) is 0. The predicted octanol–water partition coefficient (Wildman–Crippen LogP) is 13.6. The maximum absolute atomic E-state index is 2.44. The number of hydrogen-bond donors (Lipinski definition) is 0. The molecule has 0 heterocycles. The van der Waals surface area contributed by atoms with Gasteiger partial charge < -0.3 is 4.90 Å². The van der Waals surface area contributed by atoms with Gasteiger partial charge in [-0.1, -0.05) is 166 Å². The highest BCUT2D eigenvalue weighted by Crippen LogP contribution is 2.55. The van der Waals surface area contributed by atoms with Crippen LogP contribution in [0.3, 0.4) is 0 Å². The van der Waals surface area contributed by atoms with Crippen molar-refractivity contribution >= 4 is 27.8 Å². The van der Waals surface area contributed by atoms with Crippen molar-refractivity contribution in [3.63, 3.8) is 0 Å². The summed E-state index contributed by atoms with van der Waals surface area (Å²) in [5.41, 5.74) is 16.0. The van der Waals surface area contributed by atoms with Crippen molar-refractivity contribution in [3.05, 3.63) is 199 Å². The summed E-state index contributed by atoms with van der Waals surface area (Å²) >= 11 is 0. The van der Waals surface area contributed by atoms with E-state index in [1.165, 1.54) is 66.4 Å². The fraction of sp³-hybridized carbons (Fsp3) is 0.0612. The first kappa shape index (κ1) is 29.9. The predicted molar refractivity (Wildman–Crippen MR) is 213 cm³/mol. The molecule has 8 aromatic rings. The maximum Gasteiger partial charge on any atom is 0.0546 e. The van der Waals surface area contributed by atoms with Gasteiger partial charge in [0.1, 0.15) is 0 Å².